The Balaban J connectivity index is 1.94. The van der Waals surface area contributed by atoms with E-state index in [1.54, 1.807) is 0 Å². The van der Waals surface area contributed by atoms with E-state index in [0.717, 1.165) is 41.6 Å². The lowest BCUT2D eigenvalue weighted by Crippen LogP contribution is -2.44. The third kappa shape index (κ3) is 1.70. The Bertz CT molecular complexity index is 980. The van der Waals surface area contributed by atoms with Gasteiger partial charge in [0.05, 0.1) is 16.4 Å². The minimum Gasteiger partial charge on any atom is -0.286 e. The molecule has 0 saturated heterocycles. The number of para-hydroxylation sites is 1. The number of hydrogen-bond donors (Lipinski definition) is 0. The van der Waals surface area contributed by atoms with Gasteiger partial charge < -0.3 is 0 Å². The molecule has 0 bridgehead atoms. The molecule has 1 aliphatic carbocycles. The fraction of sp³-hybridized carbons (Fsp3) is 0.300. The van der Waals surface area contributed by atoms with Crippen molar-refractivity contribution in [2.75, 3.05) is 0 Å². The molecular formula is C20H18N2O. The first-order valence-corrected chi connectivity index (χ1v) is 8.39. The second kappa shape index (κ2) is 4.54. The van der Waals surface area contributed by atoms with E-state index in [2.05, 4.69) is 18.2 Å². The molecule has 0 unspecified atom stereocenters. The molecule has 2 aliphatic rings. The highest BCUT2D eigenvalue weighted by atomic mass is 16.1. The van der Waals surface area contributed by atoms with Gasteiger partial charge in [0, 0.05) is 5.56 Å². The molecule has 1 fully saturated rings. The maximum absolute atomic E-state index is 13.3. The van der Waals surface area contributed by atoms with E-state index in [0.29, 0.717) is 0 Å². The summed E-state index contributed by atoms with van der Waals surface area (Å²) in [4.78, 5) is 18.2. The summed E-state index contributed by atoms with van der Waals surface area (Å²) < 4.78 is 2.03. The summed E-state index contributed by atoms with van der Waals surface area (Å²) in [6.07, 6.45) is 5.50. The van der Waals surface area contributed by atoms with Crippen LogP contribution in [0.5, 0.6) is 0 Å². The fourth-order valence-electron chi connectivity index (χ4n) is 4.51. The number of benzene rings is 2. The van der Waals surface area contributed by atoms with E-state index in [4.69, 9.17) is 4.98 Å². The number of rotatable bonds is 0. The smallest absolute Gasteiger partial charge is 0.262 e. The molecule has 5 rings (SSSR count). The summed E-state index contributed by atoms with van der Waals surface area (Å²) >= 11 is 0. The maximum atomic E-state index is 13.3. The average Bonchev–Trinajstić information content (AvgIpc) is 3.03. The highest BCUT2D eigenvalue weighted by Gasteiger charge is 2.42. The first-order chi connectivity index (χ1) is 11.3. The van der Waals surface area contributed by atoms with Crippen molar-refractivity contribution in [3.05, 3.63) is 64.4 Å². The van der Waals surface area contributed by atoms with Crippen LogP contribution >= 0.6 is 0 Å². The summed E-state index contributed by atoms with van der Waals surface area (Å²) in [5.74, 6) is 0.859. The standard InChI is InChI=1S/C20H18N2O/c23-19-16-9-3-4-10-17(16)21-18-15-8-2-1-7-14(15)13-20(22(18)19)11-5-6-12-20/h1-4,7-10H,5-6,11-13H2. The van der Waals surface area contributed by atoms with Crippen LogP contribution in [0.1, 0.15) is 31.2 Å². The average molecular weight is 302 g/mol. The van der Waals surface area contributed by atoms with Crippen LogP contribution in [-0.4, -0.2) is 9.55 Å². The second-order valence-electron chi connectivity index (χ2n) is 6.86. The molecule has 3 heteroatoms. The molecule has 1 spiro atoms. The van der Waals surface area contributed by atoms with Gasteiger partial charge >= 0.3 is 0 Å². The van der Waals surface area contributed by atoms with E-state index in [-0.39, 0.29) is 11.1 Å². The monoisotopic (exact) mass is 302 g/mol. The van der Waals surface area contributed by atoms with Crippen molar-refractivity contribution in [2.24, 2.45) is 0 Å². The predicted octanol–water partition coefficient (Wildman–Crippen LogP) is 3.89. The summed E-state index contributed by atoms with van der Waals surface area (Å²) in [6.45, 7) is 0. The Labute approximate surface area is 134 Å². The third-order valence-electron chi connectivity index (χ3n) is 5.56. The lowest BCUT2D eigenvalue weighted by molar-refractivity contribution is 0.277. The second-order valence-corrected chi connectivity index (χ2v) is 6.86. The zero-order chi connectivity index (χ0) is 15.4. The molecule has 3 aromatic rings. The quantitative estimate of drug-likeness (QED) is 0.631. The SMILES string of the molecule is O=c1c2ccccc2nc2n1C1(CCCC1)Cc1ccccc1-2. The molecule has 0 atom stereocenters. The van der Waals surface area contributed by atoms with Gasteiger partial charge in [0.25, 0.3) is 5.56 Å². The predicted molar refractivity (Wildman–Crippen MR) is 91.6 cm³/mol. The summed E-state index contributed by atoms with van der Waals surface area (Å²) in [6, 6.07) is 16.2. The third-order valence-corrected chi connectivity index (χ3v) is 5.56. The van der Waals surface area contributed by atoms with Gasteiger partial charge in [-0.3, -0.25) is 9.36 Å². The van der Waals surface area contributed by atoms with Crippen molar-refractivity contribution in [1.82, 2.24) is 9.55 Å². The Morgan fingerprint density at radius 2 is 1.70 bits per heavy atom. The molecular weight excluding hydrogens is 284 g/mol. The van der Waals surface area contributed by atoms with Crippen LogP contribution in [0, 0.1) is 0 Å². The van der Waals surface area contributed by atoms with Crippen LogP contribution in [0.2, 0.25) is 0 Å². The lowest BCUT2D eigenvalue weighted by atomic mass is 9.82. The highest BCUT2D eigenvalue weighted by molar-refractivity contribution is 5.80. The minimum atomic E-state index is -0.0716. The van der Waals surface area contributed by atoms with Gasteiger partial charge in [0.1, 0.15) is 5.82 Å². The van der Waals surface area contributed by atoms with Gasteiger partial charge in [-0.05, 0) is 37.0 Å². The maximum Gasteiger partial charge on any atom is 0.262 e. The van der Waals surface area contributed by atoms with Crippen LogP contribution in [0.3, 0.4) is 0 Å². The lowest BCUT2D eigenvalue weighted by Gasteiger charge is -2.38. The van der Waals surface area contributed by atoms with Crippen molar-refractivity contribution < 1.29 is 0 Å². The molecule has 1 saturated carbocycles. The van der Waals surface area contributed by atoms with Crippen LogP contribution < -0.4 is 5.56 Å². The summed E-state index contributed by atoms with van der Waals surface area (Å²) in [7, 11) is 0. The first-order valence-electron chi connectivity index (χ1n) is 8.39. The van der Waals surface area contributed by atoms with Crippen molar-refractivity contribution in [3.63, 3.8) is 0 Å². The Kier molecular flexibility index (Phi) is 2.58. The number of fused-ring (bicyclic) bond motifs is 5. The van der Waals surface area contributed by atoms with Crippen LogP contribution in [0.15, 0.2) is 53.3 Å². The van der Waals surface area contributed by atoms with Crippen molar-refractivity contribution in [2.45, 2.75) is 37.6 Å². The summed E-state index contributed by atoms with van der Waals surface area (Å²) in [5, 5.41) is 0.738. The van der Waals surface area contributed by atoms with E-state index < -0.39 is 0 Å². The van der Waals surface area contributed by atoms with E-state index >= 15 is 0 Å². The topological polar surface area (TPSA) is 34.9 Å². The molecule has 3 nitrogen and oxygen atoms in total. The molecule has 114 valence electrons. The van der Waals surface area contributed by atoms with Gasteiger partial charge in [0.2, 0.25) is 0 Å². The first kappa shape index (κ1) is 13.1. The summed E-state index contributed by atoms with van der Waals surface area (Å²) in [5.41, 5.74) is 3.30. The normalized spacial score (nSPS) is 18.1. The van der Waals surface area contributed by atoms with Crippen molar-refractivity contribution in [3.8, 4) is 11.4 Å². The number of aromatic nitrogens is 2. The Morgan fingerprint density at radius 3 is 2.57 bits per heavy atom. The Hall–Kier alpha value is -2.42. The van der Waals surface area contributed by atoms with Gasteiger partial charge in [-0.15, -0.1) is 0 Å². The highest BCUT2D eigenvalue weighted by Crippen LogP contribution is 2.45. The largest absolute Gasteiger partial charge is 0.286 e. The van der Waals surface area contributed by atoms with E-state index in [1.807, 2.05) is 34.9 Å². The molecule has 0 N–H and O–H groups in total. The molecule has 0 radical (unpaired) electrons. The van der Waals surface area contributed by atoms with Crippen LogP contribution in [-0.2, 0) is 12.0 Å². The van der Waals surface area contributed by atoms with Crippen molar-refractivity contribution in [1.29, 1.82) is 0 Å². The van der Waals surface area contributed by atoms with Gasteiger partial charge in [-0.25, -0.2) is 4.98 Å². The molecule has 2 heterocycles. The molecule has 1 aromatic heterocycles. The van der Waals surface area contributed by atoms with Crippen LogP contribution in [0.25, 0.3) is 22.3 Å². The molecule has 0 amide bonds. The van der Waals surface area contributed by atoms with Crippen molar-refractivity contribution >= 4 is 10.9 Å². The number of hydrogen-bond acceptors (Lipinski definition) is 2. The Morgan fingerprint density at radius 1 is 0.957 bits per heavy atom. The minimum absolute atomic E-state index is 0.0716. The van der Waals surface area contributed by atoms with Gasteiger partial charge in [-0.2, -0.15) is 0 Å². The molecule has 2 aromatic carbocycles. The fourth-order valence-corrected chi connectivity index (χ4v) is 4.51. The van der Waals surface area contributed by atoms with Gasteiger partial charge in [-0.1, -0.05) is 49.2 Å². The zero-order valence-electron chi connectivity index (χ0n) is 13.0. The van der Waals surface area contributed by atoms with Gasteiger partial charge in [0.15, 0.2) is 0 Å². The zero-order valence-corrected chi connectivity index (χ0v) is 13.0. The molecule has 23 heavy (non-hydrogen) atoms. The number of nitrogens with zero attached hydrogens (tertiary/aromatic N) is 2. The van der Waals surface area contributed by atoms with E-state index in [9.17, 15) is 4.79 Å². The van der Waals surface area contributed by atoms with Crippen LogP contribution in [0.4, 0.5) is 0 Å². The molecule has 1 aliphatic heterocycles. The van der Waals surface area contributed by atoms with E-state index in [1.165, 1.54) is 18.4 Å².